The van der Waals surface area contributed by atoms with Crippen molar-refractivity contribution >= 4 is 0 Å². The average molecular weight is 249 g/mol. The zero-order chi connectivity index (χ0) is 13.0. The molecule has 3 rings (SSSR count). The van der Waals surface area contributed by atoms with Gasteiger partial charge in [0.1, 0.15) is 0 Å². The molecule has 3 heteroatoms. The minimum Gasteiger partial charge on any atom is -0.493 e. The number of fused-ring (bicyclic) bond motifs is 1. The zero-order valence-corrected chi connectivity index (χ0v) is 11.6. The third-order valence-corrected chi connectivity index (χ3v) is 3.25. The van der Waals surface area contributed by atoms with Gasteiger partial charge in [-0.2, -0.15) is 0 Å². The molecule has 1 heterocycles. The van der Waals surface area contributed by atoms with E-state index in [4.69, 9.17) is 9.47 Å². The fourth-order valence-electron chi connectivity index (χ4n) is 1.93. The first-order valence-corrected chi connectivity index (χ1v) is 6.70. The van der Waals surface area contributed by atoms with E-state index in [0.29, 0.717) is 0 Å². The molecule has 0 unspecified atom stereocenters. The first-order valence-electron chi connectivity index (χ1n) is 6.70. The summed E-state index contributed by atoms with van der Waals surface area (Å²) < 4.78 is 10.0. The van der Waals surface area contributed by atoms with Crippen molar-refractivity contribution in [2.45, 2.75) is 25.7 Å². The van der Waals surface area contributed by atoms with E-state index in [1.165, 1.54) is 32.2 Å². The molecule has 0 radical (unpaired) electrons. The summed E-state index contributed by atoms with van der Waals surface area (Å²) in [6, 6.07) is 5.70. The zero-order valence-electron chi connectivity index (χ0n) is 11.6. The van der Waals surface area contributed by atoms with E-state index in [1.54, 1.807) is 7.11 Å². The molecule has 0 amide bonds. The maximum Gasteiger partial charge on any atom is 0.211 e. The Morgan fingerprint density at radius 3 is 2.67 bits per heavy atom. The number of para-hydroxylation sites is 1. The van der Waals surface area contributed by atoms with Crippen LogP contribution in [0.2, 0.25) is 0 Å². The third kappa shape index (κ3) is 4.22. The van der Waals surface area contributed by atoms with Gasteiger partial charge in [0.15, 0.2) is 11.5 Å². The van der Waals surface area contributed by atoms with Gasteiger partial charge in [-0.15, -0.1) is 0 Å². The molecule has 1 aromatic carbocycles. The van der Waals surface area contributed by atoms with E-state index >= 15 is 0 Å². The van der Waals surface area contributed by atoms with Crippen molar-refractivity contribution in [3.05, 3.63) is 18.2 Å². The quantitative estimate of drug-likeness (QED) is 0.758. The molecule has 3 nitrogen and oxygen atoms in total. The van der Waals surface area contributed by atoms with E-state index in [9.17, 15) is 0 Å². The van der Waals surface area contributed by atoms with Crippen LogP contribution in [-0.4, -0.2) is 32.6 Å². The number of ether oxygens (including phenoxy) is 2. The van der Waals surface area contributed by atoms with Crippen LogP contribution in [0, 0.1) is 5.92 Å². The molecule has 1 saturated carbocycles. The van der Waals surface area contributed by atoms with Crippen molar-refractivity contribution in [3.8, 4) is 17.2 Å². The third-order valence-electron chi connectivity index (χ3n) is 3.25. The maximum absolute atomic E-state index is 5.03. The number of benzene rings is 1. The molecule has 0 atom stereocenters. The van der Waals surface area contributed by atoms with Crippen molar-refractivity contribution in [1.29, 1.82) is 0 Å². The highest BCUT2D eigenvalue weighted by atomic mass is 16.6. The van der Waals surface area contributed by atoms with Gasteiger partial charge in [-0.1, -0.05) is 18.9 Å². The molecular formula is C15H23NO2. The Hall–Kier alpha value is -1.22. The maximum atomic E-state index is 5.03. The fourth-order valence-corrected chi connectivity index (χ4v) is 1.93. The predicted molar refractivity (Wildman–Crippen MR) is 73.6 cm³/mol. The molecule has 1 aromatic rings. The summed E-state index contributed by atoms with van der Waals surface area (Å²) in [5.41, 5.74) is 0. The lowest BCUT2D eigenvalue weighted by atomic mass is 10.2. The normalized spacial score (nSPS) is 15.3. The van der Waals surface area contributed by atoms with Gasteiger partial charge in [0.25, 0.3) is 0 Å². The fraction of sp³-hybridized carbons (Fsp3) is 0.600. The molecule has 1 aliphatic heterocycles. The number of hydrogen-bond acceptors (Lipinski definition) is 3. The second-order valence-corrected chi connectivity index (χ2v) is 5.28. The summed E-state index contributed by atoms with van der Waals surface area (Å²) in [6.07, 6.45) is 5.89. The highest BCUT2D eigenvalue weighted by Crippen LogP contribution is 2.51. The molecule has 100 valence electrons. The Morgan fingerprint density at radius 2 is 2.11 bits per heavy atom. The van der Waals surface area contributed by atoms with Gasteiger partial charge in [0, 0.05) is 0 Å². The van der Waals surface area contributed by atoms with Gasteiger partial charge in [0.05, 0.1) is 7.11 Å². The van der Waals surface area contributed by atoms with E-state index in [2.05, 4.69) is 19.0 Å². The van der Waals surface area contributed by atoms with E-state index in [0.717, 1.165) is 23.2 Å². The lowest BCUT2D eigenvalue weighted by Crippen LogP contribution is -2.12. The monoisotopic (exact) mass is 249 g/mol. The van der Waals surface area contributed by atoms with Gasteiger partial charge in [-0.3, -0.25) is 0 Å². The summed E-state index contributed by atoms with van der Waals surface area (Å²) in [6.45, 7) is 1.27. The summed E-state index contributed by atoms with van der Waals surface area (Å²) in [4.78, 5) is 2.27. The molecule has 0 aromatic heterocycles. The van der Waals surface area contributed by atoms with Crippen LogP contribution in [-0.2, 0) is 0 Å². The Bertz CT molecular complexity index is 384. The van der Waals surface area contributed by atoms with Gasteiger partial charge in [-0.05, 0) is 51.5 Å². The highest BCUT2D eigenvalue weighted by Gasteiger charge is 2.24. The summed E-state index contributed by atoms with van der Waals surface area (Å²) in [5.74, 6) is 3.77. The number of rotatable bonds is 5. The van der Waals surface area contributed by atoms with Crippen LogP contribution in [0.15, 0.2) is 18.2 Å². The standard InChI is InChI=1S/C8H17N.C7H6O2/c1-9(2)7-3-4-8-5-6-8;1-8-5-3-2-4-6-7(5)9-6/h8H,3-7H2,1-2H3;2-4H,1H3. The molecule has 18 heavy (non-hydrogen) atoms. The Morgan fingerprint density at radius 1 is 1.33 bits per heavy atom. The van der Waals surface area contributed by atoms with E-state index < -0.39 is 0 Å². The molecule has 2 aliphatic rings. The first-order chi connectivity index (χ1) is 8.70. The Balaban J connectivity index is 0.000000134. The van der Waals surface area contributed by atoms with Crippen molar-refractivity contribution in [2.75, 3.05) is 27.7 Å². The lowest BCUT2D eigenvalue weighted by Gasteiger charge is -2.07. The second-order valence-electron chi connectivity index (χ2n) is 5.28. The topological polar surface area (TPSA) is 25.0 Å². The van der Waals surface area contributed by atoms with Crippen LogP contribution in [0.5, 0.6) is 17.2 Å². The molecular weight excluding hydrogens is 226 g/mol. The van der Waals surface area contributed by atoms with Crippen LogP contribution >= 0.6 is 0 Å². The van der Waals surface area contributed by atoms with Crippen LogP contribution in [0.1, 0.15) is 25.7 Å². The summed E-state index contributed by atoms with van der Waals surface area (Å²) in [5, 5.41) is 0. The minimum absolute atomic E-state index is 0.826. The average Bonchev–Trinajstić information content (AvgIpc) is 3.22. The largest absolute Gasteiger partial charge is 0.493 e. The van der Waals surface area contributed by atoms with Gasteiger partial charge in [0.2, 0.25) is 5.75 Å². The molecule has 0 spiro atoms. The Kier molecular flexibility index (Phi) is 4.48. The second kappa shape index (κ2) is 6.10. The van der Waals surface area contributed by atoms with Crippen molar-refractivity contribution in [2.24, 2.45) is 5.92 Å². The molecule has 0 saturated heterocycles. The number of methoxy groups -OCH3 is 1. The van der Waals surface area contributed by atoms with Gasteiger partial charge < -0.3 is 14.4 Å². The molecule has 0 bridgehead atoms. The summed E-state index contributed by atoms with van der Waals surface area (Å²) in [7, 11) is 5.93. The first kappa shape index (κ1) is 13.2. The smallest absolute Gasteiger partial charge is 0.211 e. The minimum atomic E-state index is 0.826. The van der Waals surface area contributed by atoms with Crippen LogP contribution in [0.3, 0.4) is 0 Å². The summed E-state index contributed by atoms with van der Waals surface area (Å²) >= 11 is 0. The van der Waals surface area contributed by atoms with Gasteiger partial charge >= 0.3 is 0 Å². The molecule has 1 aliphatic carbocycles. The van der Waals surface area contributed by atoms with Gasteiger partial charge in [-0.25, -0.2) is 0 Å². The molecule has 1 fully saturated rings. The van der Waals surface area contributed by atoms with Crippen molar-refractivity contribution in [1.82, 2.24) is 4.90 Å². The number of hydrogen-bond donors (Lipinski definition) is 0. The molecule has 0 N–H and O–H groups in total. The number of nitrogens with zero attached hydrogens (tertiary/aromatic N) is 1. The van der Waals surface area contributed by atoms with Crippen LogP contribution < -0.4 is 9.47 Å². The van der Waals surface area contributed by atoms with Crippen LogP contribution in [0.25, 0.3) is 0 Å². The SMILES string of the molecule is CN(C)CCCC1CC1.COc1cccc2c1O2. The van der Waals surface area contributed by atoms with Crippen molar-refractivity contribution < 1.29 is 9.47 Å². The van der Waals surface area contributed by atoms with Crippen LogP contribution in [0.4, 0.5) is 0 Å². The van der Waals surface area contributed by atoms with E-state index in [1.807, 2.05) is 18.2 Å². The van der Waals surface area contributed by atoms with Crippen molar-refractivity contribution in [3.63, 3.8) is 0 Å². The highest BCUT2D eigenvalue weighted by molar-refractivity contribution is 5.62. The predicted octanol–water partition coefficient (Wildman–Crippen LogP) is 3.54. The lowest BCUT2D eigenvalue weighted by molar-refractivity contribution is 0.389. The Labute approximate surface area is 110 Å². The van der Waals surface area contributed by atoms with E-state index in [-0.39, 0.29) is 0 Å².